The molecule has 7 aromatic carbocycles. The lowest BCUT2D eigenvalue weighted by molar-refractivity contribution is 1.07. The van der Waals surface area contributed by atoms with Crippen LogP contribution in [0.3, 0.4) is 0 Å². The summed E-state index contributed by atoms with van der Waals surface area (Å²) in [6, 6.07) is 13.4. The van der Waals surface area contributed by atoms with Crippen LogP contribution in [0.1, 0.15) is 21.9 Å². The van der Waals surface area contributed by atoms with Crippen molar-refractivity contribution in [1.82, 2.24) is 19.5 Å². The standard InChI is InChI=1S/C45H30N4/c1-4-14-31(15-5-1)33-26-28-35(29-27-33)44-46-43(34-18-8-3-9-19-34)47-45(48-44)40-24-13-23-39-38-22-10-11-25-41(38)49(42(39)40)37-21-12-20-36(30-37)32-16-6-2-7-17-32/h1-30H/i2D,6D,7D,10D,11D,12D,13D,16D,17D,20D,21D,22D,23D,24D,25D,30D. The Kier molecular flexibility index (Phi) is 4.09. The summed E-state index contributed by atoms with van der Waals surface area (Å²) >= 11 is 0. The van der Waals surface area contributed by atoms with Crippen LogP contribution < -0.4 is 0 Å². The van der Waals surface area contributed by atoms with Gasteiger partial charge in [-0.1, -0.05) is 157 Å². The lowest BCUT2D eigenvalue weighted by atomic mass is 10.0. The van der Waals surface area contributed by atoms with E-state index in [4.69, 9.17) is 30.0 Å². The van der Waals surface area contributed by atoms with Crippen molar-refractivity contribution in [1.29, 1.82) is 0 Å². The van der Waals surface area contributed by atoms with Crippen LogP contribution in [-0.2, 0) is 0 Å². The Hall–Kier alpha value is -6.65. The van der Waals surface area contributed by atoms with E-state index in [-0.39, 0.29) is 39.3 Å². The van der Waals surface area contributed by atoms with E-state index in [2.05, 4.69) is 0 Å². The van der Waals surface area contributed by atoms with Gasteiger partial charge in [0.05, 0.1) is 33.0 Å². The second-order valence-corrected chi connectivity index (χ2v) is 10.9. The number of benzene rings is 7. The SMILES string of the molecule is [2H]c1c([2H])c([2H])c(-c2c([2H])c([2H])c([2H])c(-n3c4c([2H])c([2H])c([2H])c([2H])c4c4c([2H])c([2H])c([2H])c(-c5nc(-c6ccccc6)nc(-c6ccc(-c7ccccc7)cc6)n5)c43)c2[2H])c([2H])c1[2H]. The molecule has 4 nitrogen and oxygen atoms in total. The van der Waals surface area contributed by atoms with Crippen LogP contribution in [0.4, 0.5) is 0 Å². The first-order chi connectivity index (χ1) is 31.0. The first-order valence-corrected chi connectivity index (χ1v) is 15.2. The van der Waals surface area contributed by atoms with Gasteiger partial charge in [0, 0.05) is 33.2 Å². The number of nitrogens with zero attached hydrogens (tertiary/aromatic N) is 4. The Morgan fingerprint density at radius 1 is 0.408 bits per heavy atom. The number of aromatic nitrogens is 4. The second kappa shape index (κ2) is 12.2. The highest BCUT2D eigenvalue weighted by Gasteiger charge is 2.20. The van der Waals surface area contributed by atoms with Gasteiger partial charge in [0.2, 0.25) is 0 Å². The van der Waals surface area contributed by atoms with Crippen LogP contribution in [0.5, 0.6) is 0 Å². The summed E-state index contributed by atoms with van der Waals surface area (Å²) < 4.78 is 144. The fourth-order valence-electron chi connectivity index (χ4n) is 5.68. The first-order valence-electron chi connectivity index (χ1n) is 23.2. The normalized spacial score (nSPS) is 15.8. The molecule has 9 rings (SSSR count). The fraction of sp³-hybridized carbons (Fsp3) is 0. The molecule has 0 N–H and O–H groups in total. The minimum absolute atomic E-state index is 0.104. The van der Waals surface area contributed by atoms with Crippen molar-refractivity contribution in [3.8, 4) is 62.1 Å². The summed E-state index contributed by atoms with van der Waals surface area (Å²) in [7, 11) is 0. The highest BCUT2D eigenvalue weighted by atomic mass is 15.0. The van der Waals surface area contributed by atoms with E-state index in [0.29, 0.717) is 11.1 Å². The lowest BCUT2D eigenvalue weighted by Gasteiger charge is -2.14. The van der Waals surface area contributed by atoms with E-state index < -0.39 is 119 Å². The van der Waals surface area contributed by atoms with Crippen molar-refractivity contribution in [2.75, 3.05) is 0 Å². The minimum atomic E-state index is -0.878. The van der Waals surface area contributed by atoms with Crippen LogP contribution in [0.25, 0.3) is 83.9 Å². The van der Waals surface area contributed by atoms with E-state index in [9.17, 15) is 6.85 Å². The third-order valence-electron chi connectivity index (χ3n) is 7.94. The summed E-state index contributed by atoms with van der Waals surface area (Å²) in [5.74, 6) is -0.0559. The Labute approximate surface area is 307 Å². The van der Waals surface area contributed by atoms with Crippen LogP contribution in [0, 0.1) is 0 Å². The van der Waals surface area contributed by atoms with Gasteiger partial charge >= 0.3 is 0 Å². The lowest BCUT2D eigenvalue weighted by Crippen LogP contribution is -2.02. The fourth-order valence-corrected chi connectivity index (χ4v) is 5.68. The molecule has 0 spiro atoms. The van der Waals surface area contributed by atoms with E-state index in [1.165, 1.54) is 0 Å². The predicted molar refractivity (Wildman–Crippen MR) is 201 cm³/mol. The largest absolute Gasteiger partial charge is 0.308 e. The molecule has 0 bridgehead atoms. The van der Waals surface area contributed by atoms with Gasteiger partial charge in [-0.3, -0.25) is 0 Å². The van der Waals surface area contributed by atoms with Gasteiger partial charge in [0.25, 0.3) is 0 Å². The van der Waals surface area contributed by atoms with E-state index in [1.807, 2.05) is 42.5 Å². The molecule has 2 aromatic heterocycles. The maximum absolute atomic E-state index is 9.65. The number of rotatable bonds is 6. The Morgan fingerprint density at radius 3 is 1.71 bits per heavy atom. The number of hydrogen-bond acceptors (Lipinski definition) is 3. The molecule has 0 atom stereocenters. The van der Waals surface area contributed by atoms with Crippen molar-refractivity contribution in [3.05, 3.63) is 182 Å². The topological polar surface area (TPSA) is 43.6 Å². The Bertz CT molecular complexity index is 3460. The summed E-state index contributed by atoms with van der Waals surface area (Å²) in [6.07, 6.45) is 0. The average molecular weight is 643 g/mol. The summed E-state index contributed by atoms with van der Waals surface area (Å²) in [5, 5.41) is -0.660. The van der Waals surface area contributed by atoms with Gasteiger partial charge in [-0.2, -0.15) is 0 Å². The van der Waals surface area contributed by atoms with Crippen molar-refractivity contribution in [3.63, 3.8) is 0 Å². The molecule has 0 radical (unpaired) electrons. The molecule has 0 aliphatic carbocycles. The number of para-hydroxylation sites is 2. The molecule has 0 amide bonds. The van der Waals surface area contributed by atoms with Gasteiger partial charge in [-0.05, 0) is 46.4 Å². The van der Waals surface area contributed by atoms with Crippen molar-refractivity contribution in [2.45, 2.75) is 0 Å². The van der Waals surface area contributed by atoms with E-state index >= 15 is 0 Å². The summed E-state index contributed by atoms with van der Waals surface area (Å²) in [6.45, 7) is 0. The third kappa shape index (κ3) is 5.26. The zero-order chi connectivity index (χ0) is 46.5. The molecule has 0 unspecified atom stereocenters. The average Bonchev–Trinajstić information content (AvgIpc) is 3.67. The van der Waals surface area contributed by atoms with Crippen molar-refractivity contribution < 1.29 is 21.9 Å². The third-order valence-corrected chi connectivity index (χ3v) is 7.94. The summed E-state index contributed by atoms with van der Waals surface area (Å²) in [5.41, 5.74) is -0.162. The van der Waals surface area contributed by atoms with Gasteiger partial charge < -0.3 is 4.57 Å². The second-order valence-electron chi connectivity index (χ2n) is 10.9. The highest BCUT2D eigenvalue weighted by molar-refractivity contribution is 6.13. The van der Waals surface area contributed by atoms with E-state index in [0.717, 1.165) is 15.7 Å². The monoisotopic (exact) mass is 642 g/mol. The Balaban J connectivity index is 1.47. The van der Waals surface area contributed by atoms with Crippen LogP contribution in [-0.4, -0.2) is 19.5 Å². The van der Waals surface area contributed by atoms with Crippen LogP contribution in [0.15, 0.2) is 182 Å². The maximum atomic E-state index is 9.65. The van der Waals surface area contributed by atoms with Crippen LogP contribution >= 0.6 is 0 Å². The Morgan fingerprint density at radius 2 is 0.959 bits per heavy atom. The van der Waals surface area contributed by atoms with Crippen molar-refractivity contribution >= 4 is 21.8 Å². The molecule has 4 heteroatoms. The minimum Gasteiger partial charge on any atom is -0.308 e. The molecule has 2 heterocycles. The van der Waals surface area contributed by atoms with Gasteiger partial charge in [-0.15, -0.1) is 0 Å². The molecular formula is C45H30N4. The molecule has 49 heavy (non-hydrogen) atoms. The summed E-state index contributed by atoms with van der Waals surface area (Å²) in [4.78, 5) is 14.4. The number of hydrogen-bond donors (Lipinski definition) is 0. The zero-order valence-corrected chi connectivity index (χ0v) is 25.4. The highest BCUT2D eigenvalue weighted by Crippen LogP contribution is 2.38. The smallest absolute Gasteiger partial charge is 0.166 e. The van der Waals surface area contributed by atoms with Gasteiger partial charge in [0.15, 0.2) is 17.5 Å². The molecule has 0 saturated carbocycles. The zero-order valence-electron chi connectivity index (χ0n) is 41.4. The molecule has 9 aromatic rings. The maximum Gasteiger partial charge on any atom is 0.166 e. The predicted octanol–water partition coefficient (Wildman–Crippen LogP) is 11.3. The number of fused-ring (bicyclic) bond motifs is 3. The van der Waals surface area contributed by atoms with Crippen molar-refractivity contribution in [2.24, 2.45) is 0 Å². The first kappa shape index (κ1) is 16.4. The van der Waals surface area contributed by atoms with E-state index in [1.54, 1.807) is 42.5 Å². The van der Waals surface area contributed by atoms with Gasteiger partial charge in [0.1, 0.15) is 0 Å². The van der Waals surface area contributed by atoms with Crippen LogP contribution in [0.2, 0.25) is 0 Å². The molecular weight excluding hydrogens is 597 g/mol. The quantitative estimate of drug-likeness (QED) is 0.181. The molecule has 0 fully saturated rings. The van der Waals surface area contributed by atoms with Gasteiger partial charge in [-0.25, -0.2) is 15.0 Å². The molecule has 230 valence electrons. The molecule has 0 aliphatic heterocycles. The molecule has 0 saturated heterocycles. The molecule has 0 aliphatic rings.